The predicted octanol–water partition coefficient (Wildman–Crippen LogP) is 4.67. The molecule has 0 amide bonds. The number of aryl methyl sites for hydroxylation is 1. The van der Waals surface area contributed by atoms with Crippen molar-refractivity contribution in [3.63, 3.8) is 0 Å². The van der Waals surface area contributed by atoms with Crippen LogP contribution in [0.25, 0.3) is 0 Å². The van der Waals surface area contributed by atoms with E-state index in [9.17, 15) is 0 Å². The molecule has 5 rings (SSSR count). The number of nitrogens with zero attached hydrogens (tertiary/aromatic N) is 1. The van der Waals surface area contributed by atoms with E-state index in [1.54, 1.807) is 0 Å². The third kappa shape index (κ3) is 2.72. The van der Waals surface area contributed by atoms with Crippen LogP contribution in [0.1, 0.15) is 63.0 Å². The molecule has 4 fully saturated rings. The van der Waals surface area contributed by atoms with Gasteiger partial charge in [-0.3, -0.25) is 4.99 Å². The summed E-state index contributed by atoms with van der Waals surface area (Å²) in [6.45, 7) is 7.55. The standard InChI is InChI=1S/C21H31N3/c1-13(2)19-9-18(5-4-14(19)3)24-20(22)23-12-21-10-15-6-16(11-21)8-17(21)7-15/h4-5,9,13,15-17H,6-8,10-12H2,1-3H3,(H3,22,23,24). The molecule has 2 atom stereocenters. The molecular formula is C21H31N3. The van der Waals surface area contributed by atoms with Crippen molar-refractivity contribution in [1.29, 1.82) is 0 Å². The monoisotopic (exact) mass is 325 g/mol. The van der Waals surface area contributed by atoms with Crippen molar-refractivity contribution < 1.29 is 0 Å². The van der Waals surface area contributed by atoms with Crippen LogP contribution in [0.15, 0.2) is 23.2 Å². The fourth-order valence-electron chi connectivity index (χ4n) is 5.99. The van der Waals surface area contributed by atoms with Gasteiger partial charge >= 0.3 is 0 Å². The highest BCUT2D eigenvalue weighted by Crippen LogP contribution is 2.65. The summed E-state index contributed by atoms with van der Waals surface area (Å²) < 4.78 is 0. The largest absolute Gasteiger partial charge is 0.370 e. The van der Waals surface area contributed by atoms with Gasteiger partial charge in [0.25, 0.3) is 0 Å². The Bertz CT molecular complexity index is 647. The maximum absolute atomic E-state index is 6.21. The van der Waals surface area contributed by atoms with Crippen molar-refractivity contribution in [2.24, 2.45) is 33.9 Å². The molecular weight excluding hydrogens is 294 g/mol. The first-order valence-corrected chi connectivity index (χ1v) is 9.63. The minimum Gasteiger partial charge on any atom is -0.370 e. The van der Waals surface area contributed by atoms with Gasteiger partial charge in [0.05, 0.1) is 0 Å². The molecule has 4 aliphatic carbocycles. The van der Waals surface area contributed by atoms with Gasteiger partial charge in [-0.2, -0.15) is 0 Å². The summed E-state index contributed by atoms with van der Waals surface area (Å²) in [6, 6.07) is 6.48. The lowest BCUT2D eigenvalue weighted by Crippen LogP contribution is -2.30. The van der Waals surface area contributed by atoms with E-state index in [4.69, 9.17) is 10.7 Å². The molecule has 0 aliphatic heterocycles. The summed E-state index contributed by atoms with van der Waals surface area (Å²) in [5.74, 6) is 3.99. The Hall–Kier alpha value is -1.51. The summed E-state index contributed by atoms with van der Waals surface area (Å²) >= 11 is 0. The zero-order valence-corrected chi connectivity index (χ0v) is 15.3. The molecule has 4 saturated carbocycles. The number of benzene rings is 1. The van der Waals surface area contributed by atoms with Gasteiger partial charge in [-0.1, -0.05) is 19.9 Å². The van der Waals surface area contributed by atoms with Crippen molar-refractivity contribution >= 4 is 11.6 Å². The van der Waals surface area contributed by atoms with Crippen molar-refractivity contribution in [3.8, 4) is 0 Å². The molecule has 0 aromatic heterocycles. The molecule has 4 bridgehead atoms. The van der Waals surface area contributed by atoms with Gasteiger partial charge in [-0.05, 0) is 91.4 Å². The highest BCUT2D eigenvalue weighted by atomic mass is 15.1. The maximum Gasteiger partial charge on any atom is 0.193 e. The lowest BCUT2D eigenvalue weighted by atomic mass is 9.75. The van der Waals surface area contributed by atoms with Gasteiger partial charge in [-0.25, -0.2) is 0 Å². The van der Waals surface area contributed by atoms with Crippen LogP contribution in [-0.2, 0) is 0 Å². The number of hydrogen-bond donors (Lipinski definition) is 2. The minimum absolute atomic E-state index is 0.482. The van der Waals surface area contributed by atoms with E-state index in [0.29, 0.717) is 17.3 Å². The van der Waals surface area contributed by atoms with E-state index in [-0.39, 0.29) is 0 Å². The van der Waals surface area contributed by atoms with E-state index in [2.05, 4.69) is 44.3 Å². The van der Waals surface area contributed by atoms with Crippen molar-refractivity contribution in [1.82, 2.24) is 0 Å². The molecule has 130 valence electrons. The highest BCUT2D eigenvalue weighted by molar-refractivity contribution is 5.92. The van der Waals surface area contributed by atoms with Gasteiger partial charge in [0, 0.05) is 12.2 Å². The zero-order chi connectivity index (χ0) is 16.9. The summed E-state index contributed by atoms with van der Waals surface area (Å²) in [7, 11) is 0. The topological polar surface area (TPSA) is 50.4 Å². The van der Waals surface area contributed by atoms with E-state index in [1.807, 2.05) is 0 Å². The molecule has 3 N–H and O–H groups in total. The minimum atomic E-state index is 0.482. The number of nitrogens with two attached hydrogens (primary N) is 1. The SMILES string of the molecule is Cc1ccc(NC(N)=NCC23CC4CC(CC2C4)C3)cc1C(C)C. The van der Waals surface area contributed by atoms with E-state index in [1.165, 1.54) is 43.2 Å². The Morgan fingerprint density at radius 3 is 2.62 bits per heavy atom. The second-order valence-electron chi connectivity index (χ2n) is 8.96. The van der Waals surface area contributed by atoms with Gasteiger partial charge in [0.2, 0.25) is 0 Å². The van der Waals surface area contributed by atoms with E-state index >= 15 is 0 Å². The van der Waals surface area contributed by atoms with Gasteiger partial charge < -0.3 is 11.1 Å². The van der Waals surface area contributed by atoms with Crippen molar-refractivity contribution in [3.05, 3.63) is 29.3 Å². The molecule has 0 radical (unpaired) electrons. The quantitative estimate of drug-likeness (QED) is 0.624. The second-order valence-corrected chi connectivity index (χ2v) is 8.96. The van der Waals surface area contributed by atoms with Gasteiger partial charge in [-0.15, -0.1) is 0 Å². The van der Waals surface area contributed by atoms with Crippen LogP contribution in [0.2, 0.25) is 0 Å². The van der Waals surface area contributed by atoms with Crippen molar-refractivity contribution in [2.75, 3.05) is 11.9 Å². The Morgan fingerprint density at radius 1 is 1.25 bits per heavy atom. The first-order valence-electron chi connectivity index (χ1n) is 9.63. The Balaban J connectivity index is 1.44. The van der Waals surface area contributed by atoms with Gasteiger partial charge in [0.1, 0.15) is 0 Å². The third-order valence-electron chi connectivity index (χ3n) is 6.90. The predicted molar refractivity (Wildman–Crippen MR) is 101 cm³/mol. The summed E-state index contributed by atoms with van der Waals surface area (Å²) in [4.78, 5) is 4.77. The molecule has 1 aromatic rings. The number of nitrogens with one attached hydrogen (secondary N) is 1. The average Bonchev–Trinajstić information content (AvgIpc) is 2.91. The van der Waals surface area contributed by atoms with Crippen molar-refractivity contribution in [2.45, 2.75) is 58.8 Å². The molecule has 0 heterocycles. The summed E-state index contributed by atoms with van der Waals surface area (Å²) in [6.07, 6.45) is 7.18. The molecule has 0 spiro atoms. The lowest BCUT2D eigenvalue weighted by molar-refractivity contribution is 0.210. The zero-order valence-electron chi connectivity index (χ0n) is 15.3. The summed E-state index contributed by atoms with van der Waals surface area (Å²) in [5, 5.41) is 3.32. The fourth-order valence-corrected chi connectivity index (χ4v) is 5.99. The van der Waals surface area contributed by atoms with Crippen LogP contribution in [0.3, 0.4) is 0 Å². The Kier molecular flexibility index (Phi) is 3.85. The summed E-state index contributed by atoms with van der Waals surface area (Å²) in [5.41, 5.74) is 10.5. The number of aliphatic imine (C=N–C) groups is 1. The van der Waals surface area contributed by atoms with Crippen LogP contribution in [0, 0.1) is 30.1 Å². The maximum atomic E-state index is 6.21. The number of anilines is 1. The van der Waals surface area contributed by atoms with Crippen LogP contribution < -0.4 is 11.1 Å². The average molecular weight is 326 g/mol. The first-order chi connectivity index (χ1) is 11.4. The molecule has 2 unspecified atom stereocenters. The van der Waals surface area contributed by atoms with Gasteiger partial charge in [0.15, 0.2) is 5.96 Å². The highest BCUT2D eigenvalue weighted by Gasteiger charge is 2.57. The number of hydrogen-bond acceptors (Lipinski definition) is 1. The second kappa shape index (κ2) is 5.79. The third-order valence-corrected chi connectivity index (χ3v) is 6.90. The first kappa shape index (κ1) is 16.0. The van der Waals surface area contributed by atoms with Crippen LogP contribution in [-0.4, -0.2) is 12.5 Å². The molecule has 4 aliphatic rings. The normalized spacial score (nSPS) is 34.3. The molecule has 24 heavy (non-hydrogen) atoms. The molecule has 0 saturated heterocycles. The van der Waals surface area contributed by atoms with E-state index in [0.717, 1.165) is 30.0 Å². The van der Waals surface area contributed by atoms with Crippen LogP contribution >= 0.6 is 0 Å². The number of guanidine groups is 1. The smallest absolute Gasteiger partial charge is 0.193 e. The van der Waals surface area contributed by atoms with E-state index < -0.39 is 0 Å². The molecule has 1 aromatic carbocycles. The molecule has 3 nitrogen and oxygen atoms in total. The number of rotatable bonds is 4. The lowest BCUT2D eigenvalue weighted by Gasteiger charge is -2.31. The van der Waals surface area contributed by atoms with Crippen LogP contribution in [0.4, 0.5) is 5.69 Å². The Morgan fingerprint density at radius 2 is 1.96 bits per heavy atom. The van der Waals surface area contributed by atoms with Crippen LogP contribution in [0.5, 0.6) is 0 Å². The molecule has 3 heteroatoms. The Labute approximate surface area is 146 Å². The fraction of sp³-hybridized carbons (Fsp3) is 0.667.